The van der Waals surface area contributed by atoms with Crippen molar-refractivity contribution >= 4 is 16.6 Å². The summed E-state index contributed by atoms with van der Waals surface area (Å²) in [6.45, 7) is 3.87. The van der Waals surface area contributed by atoms with Crippen LogP contribution in [0.15, 0.2) is 42.5 Å². The molecular weight excluding hydrogens is 184 g/mol. The number of fused-ring (bicyclic) bond motifs is 1. The summed E-state index contributed by atoms with van der Waals surface area (Å²) >= 11 is 0. The van der Waals surface area contributed by atoms with Crippen LogP contribution in [-0.2, 0) is 0 Å². The fraction of sp³-hybridized carbons (Fsp3) is 0.214. The van der Waals surface area contributed by atoms with E-state index in [1.165, 1.54) is 0 Å². The van der Waals surface area contributed by atoms with E-state index in [4.69, 9.17) is 0 Å². The first-order chi connectivity index (χ1) is 7.20. The Kier molecular flexibility index (Phi) is 2.55. The highest BCUT2D eigenvalue weighted by Gasteiger charge is 2.12. The van der Waals surface area contributed by atoms with Gasteiger partial charge in [0, 0.05) is 11.5 Å². The predicted octanol–water partition coefficient (Wildman–Crippen LogP) is 3.68. The van der Waals surface area contributed by atoms with Gasteiger partial charge in [0.15, 0.2) is 5.78 Å². The summed E-state index contributed by atoms with van der Waals surface area (Å²) in [5.74, 6) is 0.266. The first-order valence-corrected chi connectivity index (χ1v) is 5.22. The topological polar surface area (TPSA) is 17.1 Å². The summed E-state index contributed by atoms with van der Waals surface area (Å²) in [5, 5.41) is 2.18. The van der Waals surface area contributed by atoms with E-state index in [9.17, 15) is 4.79 Å². The van der Waals surface area contributed by atoms with Crippen molar-refractivity contribution in [3.8, 4) is 0 Å². The molecule has 0 saturated heterocycles. The summed E-state index contributed by atoms with van der Waals surface area (Å²) in [7, 11) is 0. The van der Waals surface area contributed by atoms with Gasteiger partial charge in [0.25, 0.3) is 0 Å². The maximum atomic E-state index is 12.0. The monoisotopic (exact) mass is 198 g/mol. The van der Waals surface area contributed by atoms with Crippen LogP contribution in [0.25, 0.3) is 10.8 Å². The SMILES string of the molecule is CC(C)C(=O)c1cccc2ccccc12. The van der Waals surface area contributed by atoms with Crippen molar-refractivity contribution < 1.29 is 4.79 Å². The molecule has 0 aliphatic carbocycles. The minimum Gasteiger partial charge on any atom is -0.294 e. The summed E-state index contributed by atoms with van der Waals surface area (Å²) < 4.78 is 0. The van der Waals surface area contributed by atoms with Crippen molar-refractivity contribution in [2.75, 3.05) is 0 Å². The van der Waals surface area contributed by atoms with Crippen molar-refractivity contribution in [3.05, 3.63) is 48.0 Å². The second kappa shape index (κ2) is 3.85. The lowest BCUT2D eigenvalue weighted by atomic mass is 9.96. The Morgan fingerprint density at radius 1 is 1.00 bits per heavy atom. The molecule has 0 unspecified atom stereocenters. The maximum Gasteiger partial charge on any atom is 0.166 e. The van der Waals surface area contributed by atoms with E-state index in [1.807, 2.05) is 56.3 Å². The van der Waals surface area contributed by atoms with E-state index in [0.29, 0.717) is 0 Å². The minimum atomic E-state index is 0.0517. The normalized spacial score (nSPS) is 10.9. The molecule has 0 amide bonds. The Hall–Kier alpha value is -1.63. The molecule has 15 heavy (non-hydrogen) atoms. The molecule has 2 rings (SSSR count). The molecular formula is C14H14O. The summed E-state index contributed by atoms with van der Waals surface area (Å²) in [6, 6.07) is 13.9. The Bertz CT molecular complexity index is 492. The molecule has 0 aliphatic heterocycles. The highest BCUT2D eigenvalue weighted by atomic mass is 16.1. The van der Waals surface area contributed by atoms with Gasteiger partial charge in [-0.25, -0.2) is 0 Å². The molecule has 0 atom stereocenters. The Balaban J connectivity index is 2.66. The Morgan fingerprint density at radius 3 is 2.40 bits per heavy atom. The van der Waals surface area contributed by atoms with E-state index in [2.05, 4.69) is 0 Å². The van der Waals surface area contributed by atoms with Crippen LogP contribution in [0.3, 0.4) is 0 Å². The van der Waals surface area contributed by atoms with Gasteiger partial charge in [-0.05, 0) is 10.8 Å². The zero-order valence-electron chi connectivity index (χ0n) is 9.03. The van der Waals surface area contributed by atoms with Gasteiger partial charge in [0.1, 0.15) is 0 Å². The number of carbonyl (C=O) groups is 1. The zero-order chi connectivity index (χ0) is 10.8. The van der Waals surface area contributed by atoms with Gasteiger partial charge in [-0.3, -0.25) is 4.79 Å². The van der Waals surface area contributed by atoms with Crippen molar-refractivity contribution in [2.24, 2.45) is 5.92 Å². The van der Waals surface area contributed by atoms with Crippen molar-refractivity contribution in [1.82, 2.24) is 0 Å². The maximum absolute atomic E-state index is 12.0. The second-order valence-electron chi connectivity index (χ2n) is 4.05. The van der Waals surface area contributed by atoms with E-state index in [1.54, 1.807) is 0 Å². The second-order valence-corrected chi connectivity index (χ2v) is 4.05. The average Bonchev–Trinajstić information content (AvgIpc) is 2.27. The standard InChI is InChI=1S/C14H14O/c1-10(2)14(15)13-9-5-7-11-6-3-4-8-12(11)13/h3-10H,1-2H3. The zero-order valence-corrected chi connectivity index (χ0v) is 9.03. The fourth-order valence-electron chi connectivity index (χ4n) is 1.75. The summed E-state index contributed by atoms with van der Waals surface area (Å²) in [6.07, 6.45) is 0. The molecule has 2 aromatic rings. The molecule has 0 N–H and O–H groups in total. The number of hydrogen-bond donors (Lipinski definition) is 0. The largest absolute Gasteiger partial charge is 0.294 e. The molecule has 0 radical (unpaired) electrons. The van der Waals surface area contributed by atoms with Crippen LogP contribution >= 0.6 is 0 Å². The number of ketones is 1. The average molecular weight is 198 g/mol. The lowest BCUT2D eigenvalue weighted by molar-refractivity contribution is 0.0941. The molecule has 0 saturated carbocycles. The quantitative estimate of drug-likeness (QED) is 0.673. The lowest BCUT2D eigenvalue weighted by Crippen LogP contribution is -2.07. The first-order valence-electron chi connectivity index (χ1n) is 5.22. The van der Waals surface area contributed by atoms with Crippen LogP contribution in [0.4, 0.5) is 0 Å². The van der Waals surface area contributed by atoms with Gasteiger partial charge >= 0.3 is 0 Å². The van der Waals surface area contributed by atoms with Crippen LogP contribution in [0.1, 0.15) is 24.2 Å². The predicted molar refractivity (Wildman–Crippen MR) is 63.1 cm³/mol. The van der Waals surface area contributed by atoms with Gasteiger partial charge in [-0.15, -0.1) is 0 Å². The number of hydrogen-bond acceptors (Lipinski definition) is 1. The highest BCUT2D eigenvalue weighted by Crippen LogP contribution is 2.20. The van der Waals surface area contributed by atoms with Gasteiger partial charge in [0.2, 0.25) is 0 Å². The van der Waals surface area contributed by atoms with E-state index >= 15 is 0 Å². The van der Waals surface area contributed by atoms with Gasteiger partial charge < -0.3 is 0 Å². The molecule has 0 spiro atoms. The molecule has 0 aliphatic rings. The molecule has 1 heteroatoms. The molecule has 76 valence electrons. The third-order valence-electron chi connectivity index (χ3n) is 2.58. The minimum absolute atomic E-state index is 0.0517. The highest BCUT2D eigenvalue weighted by molar-refractivity contribution is 6.08. The number of rotatable bonds is 2. The van der Waals surface area contributed by atoms with Crippen LogP contribution in [0, 0.1) is 5.92 Å². The van der Waals surface area contributed by atoms with Gasteiger partial charge in [-0.1, -0.05) is 56.3 Å². The molecule has 2 aromatic carbocycles. The van der Waals surface area contributed by atoms with Crippen molar-refractivity contribution in [2.45, 2.75) is 13.8 Å². The van der Waals surface area contributed by atoms with E-state index < -0.39 is 0 Å². The molecule has 0 fully saturated rings. The van der Waals surface area contributed by atoms with Gasteiger partial charge in [-0.2, -0.15) is 0 Å². The summed E-state index contributed by atoms with van der Waals surface area (Å²) in [5.41, 5.74) is 0.836. The van der Waals surface area contributed by atoms with Crippen molar-refractivity contribution in [1.29, 1.82) is 0 Å². The smallest absolute Gasteiger partial charge is 0.166 e. The van der Waals surface area contributed by atoms with Crippen LogP contribution in [0.5, 0.6) is 0 Å². The Labute approximate surface area is 89.7 Å². The van der Waals surface area contributed by atoms with E-state index in [-0.39, 0.29) is 11.7 Å². The van der Waals surface area contributed by atoms with Gasteiger partial charge in [0.05, 0.1) is 0 Å². The number of Topliss-reactive ketones (excluding diaryl/α,β-unsaturated/α-hetero) is 1. The molecule has 0 heterocycles. The third-order valence-corrected chi connectivity index (χ3v) is 2.58. The van der Waals surface area contributed by atoms with Crippen molar-refractivity contribution in [3.63, 3.8) is 0 Å². The number of benzene rings is 2. The van der Waals surface area contributed by atoms with E-state index in [0.717, 1.165) is 16.3 Å². The molecule has 1 nitrogen and oxygen atoms in total. The molecule has 0 aromatic heterocycles. The fourth-order valence-corrected chi connectivity index (χ4v) is 1.75. The van der Waals surface area contributed by atoms with Crippen LogP contribution < -0.4 is 0 Å². The number of carbonyl (C=O) groups excluding carboxylic acids is 1. The van der Waals surface area contributed by atoms with Crippen LogP contribution in [-0.4, -0.2) is 5.78 Å². The summed E-state index contributed by atoms with van der Waals surface area (Å²) in [4.78, 5) is 12.0. The first kappa shape index (κ1) is 9.91. The van der Waals surface area contributed by atoms with Crippen LogP contribution in [0.2, 0.25) is 0 Å². The molecule has 0 bridgehead atoms. The third kappa shape index (κ3) is 1.78. The lowest BCUT2D eigenvalue weighted by Gasteiger charge is -2.07. The Morgan fingerprint density at radius 2 is 1.67 bits per heavy atom.